The molecule has 2 aromatic carbocycles. The first-order valence-electron chi connectivity index (χ1n) is 6.05. The fourth-order valence-electron chi connectivity index (χ4n) is 1.85. The molecule has 2 rings (SSSR count). The highest BCUT2D eigenvalue weighted by molar-refractivity contribution is 7.83. The number of anilines is 2. The molecule has 1 atom stereocenters. The van der Waals surface area contributed by atoms with Gasteiger partial charge in [0.25, 0.3) is 5.69 Å². The molecule has 0 aliphatic carbocycles. The number of hydrogen-bond donors (Lipinski definition) is 1. The molecule has 7 heteroatoms. The van der Waals surface area contributed by atoms with Crippen LogP contribution in [-0.2, 0) is 16.6 Å². The van der Waals surface area contributed by atoms with Crippen LogP contribution in [0.2, 0.25) is 5.02 Å². The highest BCUT2D eigenvalue weighted by atomic mass is 35.5. The van der Waals surface area contributed by atoms with E-state index in [4.69, 9.17) is 11.6 Å². The van der Waals surface area contributed by atoms with Gasteiger partial charge in [0.05, 0.1) is 15.6 Å². The number of non-ortho nitro benzene ring substituents is 1. The van der Waals surface area contributed by atoms with Gasteiger partial charge in [0.1, 0.15) is 0 Å². The first-order valence-corrected chi connectivity index (χ1v) is 8.16. The van der Waals surface area contributed by atoms with Gasteiger partial charge in [-0.1, -0.05) is 23.7 Å². The van der Waals surface area contributed by atoms with E-state index >= 15 is 0 Å². The maximum absolute atomic E-state index is 11.2. The molecule has 2 aromatic rings. The predicted octanol–water partition coefficient (Wildman–Crippen LogP) is 3.87. The molecule has 0 aromatic heterocycles. The SMILES string of the molecule is CS(=O)Cc1cccc(Nc2ccc([N+](=O)[O-])cc2Cl)c1. The van der Waals surface area contributed by atoms with Crippen LogP contribution in [0.3, 0.4) is 0 Å². The molecule has 1 unspecified atom stereocenters. The van der Waals surface area contributed by atoms with Crippen molar-refractivity contribution in [2.75, 3.05) is 11.6 Å². The lowest BCUT2D eigenvalue weighted by Gasteiger charge is -2.09. The Bertz CT molecular complexity index is 706. The molecule has 0 bridgehead atoms. The number of nitrogens with one attached hydrogen (secondary N) is 1. The summed E-state index contributed by atoms with van der Waals surface area (Å²) in [5.74, 6) is 0.476. The van der Waals surface area contributed by atoms with Gasteiger partial charge >= 0.3 is 0 Å². The molecule has 1 N–H and O–H groups in total. The highest BCUT2D eigenvalue weighted by Crippen LogP contribution is 2.29. The van der Waals surface area contributed by atoms with Crippen molar-refractivity contribution in [3.05, 3.63) is 63.2 Å². The lowest BCUT2D eigenvalue weighted by atomic mass is 10.2. The number of benzene rings is 2. The van der Waals surface area contributed by atoms with Crippen molar-refractivity contribution in [1.82, 2.24) is 0 Å². The third-order valence-electron chi connectivity index (χ3n) is 2.74. The number of rotatable bonds is 5. The summed E-state index contributed by atoms with van der Waals surface area (Å²) in [5.41, 5.74) is 2.25. The van der Waals surface area contributed by atoms with E-state index in [0.29, 0.717) is 11.4 Å². The van der Waals surface area contributed by atoms with Gasteiger partial charge in [-0.2, -0.15) is 0 Å². The van der Waals surface area contributed by atoms with Crippen molar-refractivity contribution in [3.8, 4) is 0 Å². The van der Waals surface area contributed by atoms with E-state index in [1.54, 1.807) is 12.3 Å². The second kappa shape index (κ2) is 6.69. The molecule has 0 aliphatic rings. The average Bonchev–Trinajstić information content (AvgIpc) is 2.40. The first-order chi connectivity index (χ1) is 9.95. The summed E-state index contributed by atoms with van der Waals surface area (Å²) in [4.78, 5) is 10.2. The molecular weight excluding hydrogens is 312 g/mol. The highest BCUT2D eigenvalue weighted by Gasteiger charge is 2.09. The van der Waals surface area contributed by atoms with E-state index in [9.17, 15) is 14.3 Å². The second-order valence-corrected chi connectivity index (χ2v) is 6.31. The topological polar surface area (TPSA) is 72.2 Å². The molecule has 0 aliphatic heterocycles. The summed E-state index contributed by atoms with van der Waals surface area (Å²) in [5, 5.41) is 14.0. The van der Waals surface area contributed by atoms with Crippen LogP contribution < -0.4 is 5.32 Å². The molecule has 21 heavy (non-hydrogen) atoms. The minimum atomic E-state index is -0.913. The summed E-state index contributed by atoms with van der Waals surface area (Å²) in [6.45, 7) is 0. The largest absolute Gasteiger partial charge is 0.354 e. The maximum atomic E-state index is 11.2. The van der Waals surface area contributed by atoms with Crippen LogP contribution in [0.5, 0.6) is 0 Å². The lowest BCUT2D eigenvalue weighted by Crippen LogP contribution is -1.96. The molecular formula is C14H13ClN2O3S. The van der Waals surface area contributed by atoms with Gasteiger partial charge in [-0.15, -0.1) is 0 Å². The number of nitrogens with zero attached hydrogens (tertiary/aromatic N) is 1. The number of hydrogen-bond acceptors (Lipinski definition) is 4. The van der Waals surface area contributed by atoms with Crippen molar-refractivity contribution in [1.29, 1.82) is 0 Å². The third kappa shape index (κ3) is 4.27. The number of nitro benzene ring substituents is 1. The monoisotopic (exact) mass is 324 g/mol. The smallest absolute Gasteiger partial charge is 0.271 e. The standard InChI is InChI=1S/C14H13ClN2O3S/c1-21(20)9-10-3-2-4-11(7-10)16-14-6-5-12(17(18)19)8-13(14)15/h2-8,16H,9H2,1H3. The van der Waals surface area contributed by atoms with Gasteiger partial charge in [0, 0.05) is 40.6 Å². The van der Waals surface area contributed by atoms with Gasteiger partial charge in [-0.3, -0.25) is 14.3 Å². The molecule has 0 heterocycles. The summed E-state index contributed by atoms with van der Waals surface area (Å²) in [7, 11) is -0.913. The summed E-state index contributed by atoms with van der Waals surface area (Å²) in [6.07, 6.45) is 1.65. The van der Waals surface area contributed by atoms with Crippen LogP contribution in [0.1, 0.15) is 5.56 Å². The molecule has 5 nitrogen and oxygen atoms in total. The lowest BCUT2D eigenvalue weighted by molar-refractivity contribution is -0.384. The van der Waals surface area contributed by atoms with E-state index in [1.165, 1.54) is 12.1 Å². The summed E-state index contributed by atoms with van der Waals surface area (Å²) < 4.78 is 11.2. The molecule has 0 saturated carbocycles. The van der Waals surface area contributed by atoms with Gasteiger partial charge in [-0.05, 0) is 23.8 Å². The molecule has 0 saturated heterocycles. The van der Waals surface area contributed by atoms with Gasteiger partial charge < -0.3 is 5.32 Å². The third-order valence-corrected chi connectivity index (χ3v) is 3.79. The number of halogens is 1. The Labute approximate surface area is 129 Å². The zero-order chi connectivity index (χ0) is 15.4. The van der Waals surface area contributed by atoms with Crippen molar-refractivity contribution in [2.45, 2.75) is 5.75 Å². The van der Waals surface area contributed by atoms with Crippen molar-refractivity contribution in [3.63, 3.8) is 0 Å². The molecule has 0 radical (unpaired) electrons. The number of nitro groups is 1. The fourth-order valence-corrected chi connectivity index (χ4v) is 2.72. The fraction of sp³-hybridized carbons (Fsp3) is 0.143. The minimum absolute atomic E-state index is 0.0549. The normalized spacial score (nSPS) is 11.9. The van der Waals surface area contributed by atoms with E-state index in [-0.39, 0.29) is 10.7 Å². The Morgan fingerprint density at radius 1 is 1.29 bits per heavy atom. The quantitative estimate of drug-likeness (QED) is 0.669. The van der Waals surface area contributed by atoms with E-state index in [1.807, 2.05) is 24.3 Å². The zero-order valence-electron chi connectivity index (χ0n) is 11.2. The van der Waals surface area contributed by atoms with Crippen LogP contribution in [-0.4, -0.2) is 15.4 Å². The van der Waals surface area contributed by atoms with Gasteiger partial charge in [-0.25, -0.2) is 0 Å². The Morgan fingerprint density at radius 2 is 2.05 bits per heavy atom. The van der Waals surface area contributed by atoms with Crippen LogP contribution >= 0.6 is 11.6 Å². The van der Waals surface area contributed by atoms with Crippen LogP contribution in [0, 0.1) is 10.1 Å². The van der Waals surface area contributed by atoms with Gasteiger partial charge in [0.2, 0.25) is 0 Å². The molecule has 0 amide bonds. The van der Waals surface area contributed by atoms with Crippen molar-refractivity contribution >= 4 is 39.5 Å². The van der Waals surface area contributed by atoms with Gasteiger partial charge in [0.15, 0.2) is 0 Å². The van der Waals surface area contributed by atoms with E-state index in [0.717, 1.165) is 11.3 Å². The summed E-state index contributed by atoms with van der Waals surface area (Å²) >= 11 is 6.03. The second-order valence-electron chi connectivity index (χ2n) is 4.46. The van der Waals surface area contributed by atoms with Crippen LogP contribution in [0.4, 0.5) is 17.1 Å². The zero-order valence-corrected chi connectivity index (χ0v) is 12.8. The molecule has 0 spiro atoms. The maximum Gasteiger partial charge on any atom is 0.271 e. The molecule has 110 valence electrons. The van der Waals surface area contributed by atoms with Crippen LogP contribution in [0.15, 0.2) is 42.5 Å². The Hall–Kier alpha value is -1.92. The first kappa shape index (κ1) is 15.5. The van der Waals surface area contributed by atoms with Crippen molar-refractivity contribution in [2.24, 2.45) is 0 Å². The van der Waals surface area contributed by atoms with Crippen LogP contribution in [0.25, 0.3) is 0 Å². The van der Waals surface area contributed by atoms with Crippen molar-refractivity contribution < 1.29 is 9.13 Å². The Balaban J connectivity index is 2.22. The Kier molecular flexibility index (Phi) is 4.93. The van der Waals surface area contributed by atoms with E-state index < -0.39 is 15.7 Å². The molecule has 0 fully saturated rings. The minimum Gasteiger partial charge on any atom is -0.354 e. The summed E-state index contributed by atoms with van der Waals surface area (Å²) in [6, 6.07) is 11.7. The average molecular weight is 325 g/mol. The predicted molar refractivity (Wildman–Crippen MR) is 85.6 cm³/mol. The van der Waals surface area contributed by atoms with E-state index in [2.05, 4.69) is 5.32 Å². The Morgan fingerprint density at radius 3 is 2.67 bits per heavy atom.